The molecule has 1 rings (SSSR count). The second-order valence-corrected chi connectivity index (χ2v) is 4.47. The summed E-state index contributed by atoms with van der Waals surface area (Å²) in [6.45, 7) is 4.15. The van der Waals surface area contributed by atoms with Crippen molar-refractivity contribution in [1.82, 2.24) is 5.43 Å². The van der Waals surface area contributed by atoms with Crippen LogP contribution < -0.4 is 5.43 Å². The average Bonchev–Trinajstić information content (AvgIpc) is 2.45. The quantitative estimate of drug-likeness (QED) is 0.586. The lowest BCUT2D eigenvalue weighted by Crippen LogP contribution is -2.26. The smallest absolute Gasteiger partial charge is 0.273 e. The average molecular weight is 262 g/mol. The van der Waals surface area contributed by atoms with Gasteiger partial charge in [-0.1, -0.05) is 57.0 Å². The standard InChI is InChI=1S/C15H22N2O2/c1-3-8-13(9-4-2)16-17-15(19)14(18)12-10-6-5-7-11-12/h5-7,10-11,14,18H,3-4,8-9H2,1-2H3,(H,17,19). The number of carbonyl (C=O) groups excluding carboxylic acids is 1. The van der Waals surface area contributed by atoms with Crippen LogP contribution in [0.3, 0.4) is 0 Å². The second-order valence-electron chi connectivity index (χ2n) is 4.47. The fourth-order valence-electron chi connectivity index (χ4n) is 1.80. The third-order valence-electron chi connectivity index (χ3n) is 2.77. The van der Waals surface area contributed by atoms with Gasteiger partial charge in [0.15, 0.2) is 6.10 Å². The number of aliphatic hydroxyl groups excluding tert-OH is 1. The number of hydrazone groups is 1. The number of hydrogen-bond acceptors (Lipinski definition) is 3. The molecule has 2 N–H and O–H groups in total. The third-order valence-corrected chi connectivity index (χ3v) is 2.77. The summed E-state index contributed by atoms with van der Waals surface area (Å²) in [6.07, 6.45) is 2.56. The van der Waals surface area contributed by atoms with Gasteiger partial charge < -0.3 is 5.11 Å². The summed E-state index contributed by atoms with van der Waals surface area (Å²) in [5, 5.41) is 14.0. The molecule has 4 heteroatoms. The number of benzene rings is 1. The van der Waals surface area contributed by atoms with E-state index in [1.807, 2.05) is 6.07 Å². The van der Waals surface area contributed by atoms with E-state index >= 15 is 0 Å². The molecule has 0 aromatic heterocycles. The fourth-order valence-corrected chi connectivity index (χ4v) is 1.80. The van der Waals surface area contributed by atoms with Gasteiger partial charge in [0.1, 0.15) is 0 Å². The van der Waals surface area contributed by atoms with Crippen molar-refractivity contribution in [3.8, 4) is 0 Å². The van der Waals surface area contributed by atoms with Crippen molar-refractivity contribution < 1.29 is 9.90 Å². The first-order valence-corrected chi connectivity index (χ1v) is 6.77. The molecule has 0 aliphatic heterocycles. The number of carbonyl (C=O) groups is 1. The van der Waals surface area contributed by atoms with Crippen LogP contribution in [0.1, 0.15) is 51.2 Å². The molecule has 104 valence electrons. The Bertz CT molecular complexity index is 407. The summed E-state index contributed by atoms with van der Waals surface area (Å²) in [4.78, 5) is 11.8. The van der Waals surface area contributed by atoms with Gasteiger partial charge in [-0.3, -0.25) is 4.79 Å². The first-order chi connectivity index (χ1) is 9.19. The van der Waals surface area contributed by atoms with Crippen molar-refractivity contribution in [2.75, 3.05) is 0 Å². The van der Waals surface area contributed by atoms with Gasteiger partial charge in [-0.05, 0) is 18.4 Å². The Balaban J connectivity index is 2.61. The molecule has 1 aromatic rings. The number of nitrogens with one attached hydrogen (secondary N) is 1. The van der Waals surface area contributed by atoms with Gasteiger partial charge in [0.05, 0.1) is 0 Å². The van der Waals surface area contributed by atoms with Crippen LogP contribution in [-0.2, 0) is 4.79 Å². The lowest BCUT2D eigenvalue weighted by molar-refractivity contribution is -0.129. The Kier molecular flexibility index (Phi) is 6.82. The number of rotatable bonds is 7. The fraction of sp³-hybridized carbons (Fsp3) is 0.467. The van der Waals surface area contributed by atoms with Crippen LogP contribution in [0, 0.1) is 0 Å². The van der Waals surface area contributed by atoms with Crippen molar-refractivity contribution in [2.45, 2.75) is 45.6 Å². The van der Waals surface area contributed by atoms with Crippen molar-refractivity contribution in [3.05, 3.63) is 35.9 Å². The van der Waals surface area contributed by atoms with E-state index in [1.165, 1.54) is 0 Å². The number of aliphatic hydroxyl groups is 1. The van der Waals surface area contributed by atoms with Crippen LogP contribution in [0.5, 0.6) is 0 Å². The van der Waals surface area contributed by atoms with E-state index in [0.29, 0.717) is 5.56 Å². The molecule has 1 atom stereocenters. The van der Waals surface area contributed by atoms with Gasteiger partial charge in [-0.25, -0.2) is 5.43 Å². The van der Waals surface area contributed by atoms with Crippen LogP contribution >= 0.6 is 0 Å². The Morgan fingerprint density at radius 2 is 1.79 bits per heavy atom. The second kappa shape index (κ2) is 8.43. The van der Waals surface area contributed by atoms with Crippen molar-refractivity contribution in [2.24, 2.45) is 5.10 Å². The van der Waals surface area contributed by atoms with Gasteiger partial charge in [0.2, 0.25) is 0 Å². The molecule has 0 heterocycles. The zero-order chi connectivity index (χ0) is 14.1. The highest BCUT2D eigenvalue weighted by atomic mass is 16.3. The van der Waals surface area contributed by atoms with Gasteiger partial charge in [-0.15, -0.1) is 0 Å². The Morgan fingerprint density at radius 1 is 1.21 bits per heavy atom. The number of nitrogens with zero attached hydrogens (tertiary/aromatic N) is 1. The highest BCUT2D eigenvalue weighted by Crippen LogP contribution is 2.11. The Hall–Kier alpha value is -1.68. The molecule has 1 amide bonds. The molecule has 0 saturated heterocycles. The van der Waals surface area contributed by atoms with E-state index in [4.69, 9.17) is 0 Å². The topological polar surface area (TPSA) is 61.7 Å². The summed E-state index contributed by atoms with van der Waals surface area (Å²) in [5.74, 6) is -0.490. The van der Waals surface area contributed by atoms with E-state index in [0.717, 1.165) is 31.4 Å². The molecule has 0 spiro atoms. The minimum absolute atomic E-state index is 0.490. The lowest BCUT2D eigenvalue weighted by atomic mass is 10.1. The maximum atomic E-state index is 11.8. The van der Waals surface area contributed by atoms with Crippen molar-refractivity contribution >= 4 is 11.6 Å². The first-order valence-electron chi connectivity index (χ1n) is 6.77. The largest absolute Gasteiger partial charge is 0.378 e. The lowest BCUT2D eigenvalue weighted by Gasteiger charge is -2.10. The van der Waals surface area contributed by atoms with E-state index in [-0.39, 0.29) is 0 Å². The van der Waals surface area contributed by atoms with Crippen LogP contribution in [0.4, 0.5) is 0 Å². The number of amides is 1. The Labute approximate surface area is 114 Å². The SMILES string of the molecule is CCCC(CCC)=NNC(=O)C(O)c1ccccc1. The molecular formula is C15H22N2O2. The normalized spacial score (nSPS) is 11.7. The molecule has 1 aromatic carbocycles. The molecule has 0 aliphatic carbocycles. The molecule has 0 bridgehead atoms. The zero-order valence-electron chi connectivity index (χ0n) is 11.6. The van der Waals surface area contributed by atoms with Gasteiger partial charge in [-0.2, -0.15) is 5.10 Å². The monoisotopic (exact) mass is 262 g/mol. The first kappa shape index (κ1) is 15.4. The van der Waals surface area contributed by atoms with E-state index < -0.39 is 12.0 Å². The molecule has 4 nitrogen and oxygen atoms in total. The predicted octanol–water partition coefficient (Wildman–Crippen LogP) is 2.79. The zero-order valence-corrected chi connectivity index (χ0v) is 11.6. The van der Waals surface area contributed by atoms with Gasteiger partial charge in [0.25, 0.3) is 5.91 Å². The number of hydrogen-bond donors (Lipinski definition) is 2. The van der Waals surface area contributed by atoms with E-state index in [9.17, 15) is 9.90 Å². The van der Waals surface area contributed by atoms with Gasteiger partial charge in [0, 0.05) is 5.71 Å². The summed E-state index contributed by atoms with van der Waals surface area (Å²) >= 11 is 0. The summed E-state index contributed by atoms with van der Waals surface area (Å²) < 4.78 is 0. The van der Waals surface area contributed by atoms with E-state index in [1.54, 1.807) is 24.3 Å². The molecule has 0 aliphatic rings. The maximum Gasteiger partial charge on any atom is 0.273 e. The van der Waals surface area contributed by atoms with Crippen LogP contribution in [0.25, 0.3) is 0 Å². The maximum absolute atomic E-state index is 11.8. The predicted molar refractivity (Wildman–Crippen MR) is 76.8 cm³/mol. The van der Waals surface area contributed by atoms with Crippen LogP contribution in [-0.4, -0.2) is 16.7 Å². The molecule has 19 heavy (non-hydrogen) atoms. The van der Waals surface area contributed by atoms with Crippen LogP contribution in [0.15, 0.2) is 35.4 Å². The molecule has 0 radical (unpaired) electrons. The van der Waals surface area contributed by atoms with Crippen LogP contribution in [0.2, 0.25) is 0 Å². The Morgan fingerprint density at radius 3 is 2.32 bits per heavy atom. The highest BCUT2D eigenvalue weighted by Gasteiger charge is 2.16. The molecular weight excluding hydrogens is 240 g/mol. The molecule has 0 fully saturated rings. The summed E-state index contributed by atoms with van der Waals surface area (Å²) in [5.41, 5.74) is 3.99. The van der Waals surface area contributed by atoms with Crippen molar-refractivity contribution in [3.63, 3.8) is 0 Å². The van der Waals surface area contributed by atoms with Gasteiger partial charge >= 0.3 is 0 Å². The summed E-state index contributed by atoms with van der Waals surface area (Å²) in [7, 11) is 0. The van der Waals surface area contributed by atoms with E-state index in [2.05, 4.69) is 24.4 Å². The van der Waals surface area contributed by atoms with Crippen molar-refractivity contribution in [1.29, 1.82) is 0 Å². The minimum Gasteiger partial charge on any atom is -0.378 e. The molecule has 0 saturated carbocycles. The third kappa shape index (κ3) is 5.22. The summed E-state index contributed by atoms with van der Waals surface area (Å²) in [6, 6.07) is 8.84. The highest BCUT2D eigenvalue weighted by molar-refractivity contribution is 5.87. The molecule has 1 unspecified atom stereocenters. The minimum atomic E-state index is -1.17.